The Hall–Kier alpha value is -1.08. The van der Waals surface area contributed by atoms with Gasteiger partial charge in [-0.3, -0.25) is 9.58 Å². The summed E-state index contributed by atoms with van der Waals surface area (Å²) >= 11 is 2.01. The summed E-state index contributed by atoms with van der Waals surface area (Å²) in [4.78, 5) is 13.1. The van der Waals surface area contributed by atoms with Crippen LogP contribution in [0, 0.1) is 0 Å². The second-order valence-electron chi connectivity index (χ2n) is 4.52. The predicted molar refractivity (Wildman–Crippen MR) is 69.9 cm³/mol. The molecule has 1 aliphatic heterocycles. The van der Waals surface area contributed by atoms with Crippen molar-refractivity contribution < 1.29 is 9.90 Å². The van der Waals surface area contributed by atoms with Crippen molar-refractivity contribution in [3.63, 3.8) is 0 Å². The maximum absolute atomic E-state index is 10.7. The third-order valence-electron chi connectivity index (χ3n) is 3.39. The van der Waals surface area contributed by atoms with E-state index < -0.39 is 5.97 Å². The molecule has 1 fully saturated rings. The number of thioether (sulfide) groups is 1. The largest absolute Gasteiger partial charge is 0.476 e. The summed E-state index contributed by atoms with van der Waals surface area (Å²) < 4.78 is 1.60. The van der Waals surface area contributed by atoms with Crippen molar-refractivity contribution in [2.24, 2.45) is 0 Å². The quantitative estimate of drug-likeness (QED) is 0.872. The molecule has 1 aliphatic rings. The van der Waals surface area contributed by atoms with Gasteiger partial charge in [0.25, 0.3) is 0 Å². The van der Waals surface area contributed by atoms with E-state index in [1.807, 2.05) is 11.8 Å². The number of hydrogen-bond donors (Lipinski definition) is 1. The fraction of sp³-hybridized carbons (Fsp3) is 0.727. The van der Waals surface area contributed by atoms with E-state index >= 15 is 0 Å². The van der Waals surface area contributed by atoms with Crippen LogP contribution in [0.3, 0.4) is 0 Å². The molecule has 0 bridgehead atoms. The van der Waals surface area contributed by atoms with Crippen molar-refractivity contribution in [3.05, 3.63) is 11.9 Å². The van der Waals surface area contributed by atoms with E-state index in [0.717, 1.165) is 18.8 Å². The second kappa shape index (κ2) is 5.71. The van der Waals surface area contributed by atoms with Gasteiger partial charge in [-0.2, -0.15) is 11.8 Å². The van der Waals surface area contributed by atoms with Crippen LogP contribution >= 0.6 is 11.8 Å². The van der Waals surface area contributed by atoms with Crippen molar-refractivity contribution in [1.29, 1.82) is 0 Å². The average Bonchev–Trinajstić information content (AvgIpc) is 2.80. The Bertz CT molecular complexity index is 423. The van der Waals surface area contributed by atoms with Gasteiger partial charge in [0.1, 0.15) is 0 Å². The highest BCUT2D eigenvalue weighted by Gasteiger charge is 2.24. The van der Waals surface area contributed by atoms with E-state index in [9.17, 15) is 4.79 Å². The molecule has 18 heavy (non-hydrogen) atoms. The molecule has 0 aromatic carbocycles. The number of aromatic carboxylic acids is 1. The number of rotatable bonds is 4. The lowest BCUT2D eigenvalue weighted by Gasteiger charge is -2.37. The molecule has 0 radical (unpaired) electrons. The molecule has 0 saturated carbocycles. The van der Waals surface area contributed by atoms with Crippen LogP contribution in [0.1, 0.15) is 24.3 Å². The number of carbonyl (C=O) groups is 1. The van der Waals surface area contributed by atoms with Gasteiger partial charge in [-0.1, -0.05) is 12.1 Å². The molecule has 6 nitrogen and oxygen atoms in total. The first-order valence-electron chi connectivity index (χ1n) is 6.07. The van der Waals surface area contributed by atoms with Crippen LogP contribution in [-0.2, 0) is 6.54 Å². The second-order valence-corrected chi connectivity index (χ2v) is 6.01. The van der Waals surface area contributed by atoms with Crippen LogP contribution < -0.4 is 0 Å². The molecule has 2 rings (SSSR count). The van der Waals surface area contributed by atoms with Crippen LogP contribution in [-0.4, -0.2) is 61.1 Å². The molecule has 1 aromatic heterocycles. The molecule has 2 atom stereocenters. The first-order valence-corrected chi connectivity index (χ1v) is 7.12. The van der Waals surface area contributed by atoms with Crippen LogP contribution in [0.4, 0.5) is 0 Å². The first kappa shape index (κ1) is 13.4. The summed E-state index contributed by atoms with van der Waals surface area (Å²) in [6.07, 6.45) is 1.48. The smallest absolute Gasteiger partial charge is 0.358 e. The third-order valence-corrected chi connectivity index (χ3v) is 4.73. The van der Waals surface area contributed by atoms with E-state index in [1.165, 1.54) is 6.20 Å². The van der Waals surface area contributed by atoms with Crippen molar-refractivity contribution in [2.75, 3.05) is 18.8 Å². The van der Waals surface area contributed by atoms with E-state index in [2.05, 4.69) is 29.1 Å². The van der Waals surface area contributed by atoms with E-state index in [-0.39, 0.29) is 5.69 Å². The molecule has 7 heteroatoms. The lowest BCUT2D eigenvalue weighted by Crippen LogP contribution is -2.45. The van der Waals surface area contributed by atoms with Gasteiger partial charge in [0.15, 0.2) is 5.69 Å². The van der Waals surface area contributed by atoms with Crippen molar-refractivity contribution in [3.8, 4) is 0 Å². The fourth-order valence-electron chi connectivity index (χ4n) is 2.05. The Labute approximate surface area is 110 Å². The highest BCUT2D eigenvalue weighted by molar-refractivity contribution is 8.00. The summed E-state index contributed by atoms with van der Waals surface area (Å²) in [5.74, 6) is 0.126. The molecule has 100 valence electrons. The van der Waals surface area contributed by atoms with Crippen molar-refractivity contribution in [2.45, 2.75) is 31.7 Å². The number of carboxylic acids is 1. The summed E-state index contributed by atoms with van der Waals surface area (Å²) in [7, 11) is 0. The molecular weight excluding hydrogens is 252 g/mol. The number of aromatic nitrogens is 3. The zero-order valence-corrected chi connectivity index (χ0v) is 11.4. The zero-order chi connectivity index (χ0) is 13.1. The number of nitrogens with zero attached hydrogens (tertiary/aromatic N) is 4. The number of carboxylic acid groups (broad SMARTS) is 1. The zero-order valence-electron chi connectivity index (χ0n) is 10.6. The predicted octanol–water partition coefficient (Wildman–Crippen LogP) is 0.802. The maximum atomic E-state index is 10.7. The van der Waals surface area contributed by atoms with Crippen LogP contribution in [0.15, 0.2) is 6.20 Å². The Morgan fingerprint density at radius 2 is 2.33 bits per heavy atom. The standard InChI is InChI=1S/C11H18N4O2S/c1-8-9(2)18-6-5-14(8)3-4-15-7-10(11(16)17)12-13-15/h7-9H,3-6H2,1-2H3,(H,16,17). The Morgan fingerprint density at radius 1 is 1.56 bits per heavy atom. The first-order chi connectivity index (χ1) is 8.58. The van der Waals surface area contributed by atoms with E-state index in [4.69, 9.17) is 5.11 Å². The number of hydrogen-bond acceptors (Lipinski definition) is 5. The minimum Gasteiger partial charge on any atom is -0.476 e. The fourth-order valence-corrected chi connectivity index (χ4v) is 3.21. The molecule has 1 saturated heterocycles. The Morgan fingerprint density at radius 3 is 3.00 bits per heavy atom. The highest BCUT2D eigenvalue weighted by atomic mass is 32.2. The molecule has 2 heterocycles. The highest BCUT2D eigenvalue weighted by Crippen LogP contribution is 2.23. The van der Waals surface area contributed by atoms with Gasteiger partial charge < -0.3 is 5.11 Å². The molecule has 2 unspecified atom stereocenters. The van der Waals surface area contributed by atoms with Gasteiger partial charge in [-0.25, -0.2) is 4.79 Å². The summed E-state index contributed by atoms with van der Waals surface area (Å²) in [6, 6.07) is 0.547. The lowest BCUT2D eigenvalue weighted by molar-refractivity contribution is 0.0690. The normalized spacial score (nSPS) is 25.2. The van der Waals surface area contributed by atoms with E-state index in [1.54, 1.807) is 4.68 Å². The average molecular weight is 270 g/mol. The van der Waals surface area contributed by atoms with Gasteiger partial charge in [0.05, 0.1) is 12.7 Å². The van der Waals surface area contributed by atoms with Crippen molar-refractivity contribution in [1.82, 2.24) is 19.9 Å². The Balaban J connectivity index is 1.88. The minimum absolute atomic E-state index is 0.00520. The lowest BCUT2D eigenvalue weighted by atomic mass is 10.2. The van der Waals surface area contributed by atoms with Crippen LogP contribution in [0.2, 0.25) is 0 Å². The SMILES string of the molecule is CC1SCCN(CCn2cc(C(=O)O)nn2)C1C. The molecule has 0 amide bonds. The minimum atomic E-state index is -1.03. The summed E-state index contributed by atoms with van der Waals surface area (Å²) in [6.45, 7) is 7.13. The third kappa shape index (κ3) is 3.02. The van der Waals surface area contributed by atoms with Crippen molar-refractivity contribution >= 4 is 17.7 Å². The molecule has 0 spiro atoms. The van der Waals surface area contributed by atoms with Gasteiger partial charge in [-0.05, 0) is 6.92 Å². The van der Waals surface area contributed by atoms with Crippen LogP contribution in [0.5, 0.6) is 0 Å². The molecular formula is C11H18N4O2S. The summed E-state index contributed by atoms with van der Waals surface area (Å²) in [5.41, 5.74) is 0.00520. The van der Waals surface area contributed by atoms with Crippen LogP contribution in [0.25, 0.3) is 0 Å². The monoisotopic (exact) mass is 270 g/mol. The molecule has 0 aliphatic carbocycles. The summed E-state index contributed by atoms with van der Waals surface area (Å²) in [5, 5.41) is 16.8. The van der Waals surface area contributed by atoms with Gasteiger partial charge in [0.2, 0.25) is 0 Å². The van der Waals surface area contributed by atoms with Gasteiger partial charge in [0, 0.05) is 30.1 Å². The van der Waals surface area contributed by atoms with E-state index in [0.29, 0.717) is 17.8 Å². The van der Waals surface area contributed by atoms with Gasteiger partial charge in [-0.15, -0.1) is 5.10 Å². The van der Waals surface area contributed by atoms with Gasteiger partial charge >= 0.3 is 5.97 Å². The molecule has 1 N–H and O–H groups in total. The topological polar surface area (TPSA) is 71.2 Å². The maximum Gasteiger partial charge on any atom is 0.358 e. The Kier molecular flexibility index (Phi) is 4.23. The molecule has 1 aromatic rings.